The summed E-state index contributed by atoms with van der Waals surface area (Å²) in [4.78, 5) is 14.7. The van der Waals surface area contributed by atoms with Crippen LogP contribution in [0.4, 0.5) is 27.6 Å². The number of unbranched alkanes of at least 4 members (excludes halogenated alkanes) is 4. The van der Waals surface area contributed by atoms with Gasteiger partial charge in [0, 0.05) is 11.2 Å². The Morgan fingerprint density at radius 3 is 1.79 bits per heavy atom. The van der Waals surface area contributed by atoms with Crippen molar-refractivity contribution in [2.45, 2.75) is 91.0 Å². The van der Waals surface area contributed by atoms with Crippen molar-refractivity contribution in [3.05, 3.63) is 64.5 Å². The molecule has 7 heteroatoms. The number of benzene rings is 2. The molecule has 1 amide bonds. The third-order valence-electron chi connectivity index (χ3n) is 6.51. The second-order valence-electron chi connectivity index (χ2n) is 9.02. The lowest BCUT2D eigenvalue weighted by Crippen LogP contribution is -2.50. The van der Waals surface area contributed by atoms with Crippen LogP contribution in [0, 0.1) is 29.1 Å². The maximum Gasteiger partial charge on any atom is 0.264 e. The third kappa shape index (κ3) is 5.97. The Morgan fingerprint density at radius 2 is 1.29 bits per heavy atom. The second kappa shape index (κ2) is 12.3. The average molecular weight is 484 g/mol. The monoisotopic (exact) mass is 483 g/mol. The molecular formula is C27H34F5NO. The highest BCUT2D eigenvalue weighted by molar-refractivity contribution is 6.07. The summed E-state index contributed by atoms with van der Waals surface area (Å²) < 4.78 is 70.5. The fourth-order valence-electron chi connectivity index (χ4n) is 4.15. The highest BCUT2D eigenvalue weighted by Crippen LogP contribution is 2.35. The minimum Gasteiger partial charge on any atom is -0.302 e. The number of aryl methyl sites for hydroxylation is 1. The summed E-state index contributed by atoms with van der Waals surface area (Å²) in [5.41, 5.74) is -0.922. The van der Waals surface area contributed by atoms with E-state index in [1.165, 1.54) is 4.90 Å². The molecule has 0 spiro atoms. The van der Waals surface area contributed by atoms with E-state index in [9.17, 15) is 26.7 Å². The summed E-state index contributed by atoms with van der Waals surface area (Å²) in [5.74, 6) is -12.0. The lowest BCUT2D eigenvalue weighted by molar-refractivity contribution is 0.0941. The van der Waals surface area contributed by atoms with Crippen molar-refractivity contribution in [1.29, 1.82) is 0 Å². The van der Waals surface area contributed by atoms with Gasteiger partial charge >= 0.3 is 0 Å². The summed E-state index contributed by atoms with van der Waals surface area (Å²) >= 11 is 0. The Kier molecular flexibility index (Phi) is 10.1. The minimum absolute atomic E-state index is 0.353. The molecule has 0 fully saturated rings. The number of carbonyl (C=O) groups excluding carboxylic acids is 1. The Balaban J connectivity index is 2.55. The molecule has 0 aliphatic rings. The predicted molar refractivity (Wildman–Crippen MR) is 126 cm³/mol. The van der Waals surface area contributed by atoms with Crippen molar-refractivity contribution >= 4 is 11.6 Å². The van der Waals surface area contributed by atoms with Crippen molar-refractivity contribution in [1.82, 2.24) is 0 Å². The van der Waals surface area contributed by atoms with Gasteiger partial charge in [-0.25, -0.2) is 22.0 Å². The van der Waals surface area contributed by atoms with Gasteiger partial charge in [0.2, 0.25) is 5.82 Å². The second-order valence-corrected chi connectivity index (χ2v) is 9.02. The molecule has 2 nitrogen and oxygen atoms in total. The minimum atomic E-state index is -2.28. The van der Waals surface area contributed by atoms with Gasteiger partial charge in [0.05, 0.1) is 0 Å². The summed E-state index contributed by atoms with van der Waals surface area (Å²) in [6.45, 7) is 7.70. The van der Waals surface area contributed by atoms with Crippen LogP contribution < -0.4 is 4.90 Å². The van der Waals surface area contributed by atoms with E-state index in [0.29, 0.717) is 18.5 Å². The SMILES string of the molecule is CCCCCCc1ccc(N(C(=O)c2c(F)c(F)c(F)c(F)c2F)C(C)(CC)CCCC)cc1. The topological polar surface area (TPSA) is 20.3 Å². The van der Waals surface area contributed by atoms with Crippen LogP contribution in [-0.2, 0) is 6.42 Å². The number of anilines is 1. The zero-order chi connectivity index (χ0) is 25.5. The van der Waals surface area contributed by atoms with E-state index in [1.54, 1.807) is 19.1 Å². The summed E-state index contributed by atoms with van der Waals surface area (Å²) in [7, 11) is 0. The van der Waals surface area contributed by atoms with Crippen molar-refractivity contribution in [2.24, 2.45) is 0 Å². The van der Waals surface area contributed by atoms with Crippen LogP contribution in [0.3, 0.4) is 0 Å². The quantitative estimate of drug-likeness (QED) is 0.128. The zero-order valence-electron chi connectivity index (χ0n) is 20.4. The van der Waals surface area contributed by atoms with E-state index >= 15 is 0 Å². The van der Waals surface area contributed by atoms with E-state index in [2.05, 4.69) is 6.92 Å². The van der Waals surface area contributed by atoms with E-state index < -0.39 is 46.1 Å². The highest BCUT2D eigenvalue weighted by Gasteiger charge is 2.39. The van der Waals surface area contributed by atoms with Gasteiger partial charge in [0.25, 0.3) is 5.91 Å². The molecule has 0 aliphatic carbocycles. The molecule has 1 atom stereocenters. The molecule has 0 heterocycles. The first-order valence-electron chi connectivity index (χ1n) is 12.1. The largest absolute Gasteiger partial charge is 0.302 e. The number of carbonyl (C=O) groups is 1. The molecule has 2 aromatic rings. The van der Waals surface area contributed by atoms with Crippen LogP contribution in [0.25, 0.3) is 0 Å². The standard InChI is InChI=1S/C27H34F5NO/c1-5-8-10-11-12-18-13-15-19(16-14-18)33(27(4,7-3)17-9-6-2)26(34)20-21(28)23(30)25(32)24(31)22(20)29/h13-16H,5-12,17H2,1-4H3. The number of hydrogen-bond donors (Lipinski definition) is 0. The molecule has 188 valence electrons. The van der Waals surface area contributed by atoms with Crippen LogP contribution >= 0.6 is 0 Å². The molecule has 0 saturated carbocycles. The molecule has 2 aromatic carbocycles. The number of nitrogens with zero attached hydrogens (tertiary/aromatic N) is 1. The van der Waals surface area contributed by atoms with Crippen molar-refractivity contribution in [3.8, 4) is 0 Å². The molecule has 0 radical (unpaired) electrons. The Labute approximate surface area is 199 Å². The number of hydrogen-bond acceptors (Lipinski definition) is 1. The van der Waals surface area contributed by atoms with Gasteiger partial charge in [0.1, 0.15) is 5.56 Å². The first-order chi connectivity index (χ1) is 16.1. The number of rotatable bonds is 12. The van der Waals surface area contributed by atoms with Crippen molar-refractivity contribution in [3.63, 3.8) is 0 Å². The summed E-state index contributed by atoms with van der Waals surface area (Å²) in [5, 5.41) is 0. The third-order valence-corrected chi connectivity index (χ3v) is 6.51. The normalized spacial score (nSPS) is 13.1. The van der Waals surface area contributed by atoms with Gasteiger partial charge in [0.15, 0.2) is 23.3 Å². The summed E-state index contributed by atoms with van der Waals surface area (Å²) in [6, 6.07) is 7.05. The first-order valence-corrected chi connectivity index (χ1v) is 12.1. The highest BCUT2D eigenvalue weighted by atomic mass is 19.2. The maximum atomic E-state index is 14.6. The van der Waals surface area contributed by atoms with Gasteiger partial charge in [-0.1, -0.05) is 65.0 Å². The van der Waals surface area contributed by atoms with Gasteiger partial charge < -0.3 is 4.90 Å². The molecule has 0 N–H and O–H groups in total. The van der Waals surface area contributed by atoms with E-state index in [-0.39, 0.29) is 0 Å². The van der Waals surface area contributed by atoms with E-state index in [0.717, 1.165) is 50.5 Å². The predicted octanol–water partition coefficient (Wildman–Crippen LogP) is 8.51. The molecule has 1 unspecified atom stereocenters. The molecule has 0 bridgehead atoms. The van der Waals surface area contributed by atoms with Gasteiger partial charge in [-0.05, 0) is 50.3 Å². The lowest BCUT2D eigenvalue weighted by Gasteiger charge is -2.41. The molecule has 2 rings (SSSR count). The summed E-state index contributed by atoms with van der Waals surface area (Å²) in [6.07, 6.45) is 7.71. The van der Waals surface area contributed by atoms with Gasteiger partial charge in [-0.3, -0.25) is 4.79 Å². The van der Waals surface area contributed by atoms with Gasteiger partial charge in [-0.15, -0.1) is 0 Å². The van der Waals surface area contributed by atoms with Crippen molar-refractivity contribution < 1.29 is 26.7 Å². The molecule has 0 aliphatic heterocycles. The zero-order valence-corrected chi connectivity index (χ0v) is 20.4. The lowest BCUT2D eigenvalue weighted by atomic mass is 9.88. The van der Waals surface area contributed by atoms with Crippen molar-refractivity contribution in [2.75, 3.05) is 4.90 Å². The van der Waals surface area contributed by atoms with E-state index in [4.69, 9.17) is 0 Å². The average Bonchev–Trinajstić information content (AvgIpc) is 2.84. The van der Waals surface area contributed by atoms with Crippen LogP contribution in [0.2, 0.25) is 0 Å². The van der Waals surface area contributed by atoms with Gasteiger partial charge in [-0.2, -0.15) is 0 Å². The van der Waals surface area contributed by atoms with Crippen LogP contribution in [0.15, 0.2) is 24.3 Å². The first kappa shape index (κ1) is 27.8. The Bertz CT molecular complexity index is 947. The Morgan fingerprint density at radius 1 is 0.765 bits per heavy atom. The van der Waals surface area contributed by atoms with E-state index in [1.807, 2.05) is 26.0 Å². The molecular weight excluding hydrogens is 449 g/mol. The molecule has 0 aromatic heterocycles. The Hall–Kier alpha value is -2.44. The number of amides is 1. The fraction of sp³-hybridized carbons (Fsp3) is 0.519. The number of halogens is 5. The fourth-order valence-corrected chi connectivity index (χ4v) is 4.15. The van der Waals surface area contributed by atoms with Crippen LogP contribution in [-0.4, -0.2) is 11.4 Å². The molecule has 34 heavy (non-hydrogen) atoms. The smallest absolute Gasteiger partial charge is 0.264 e. The van der Waals surface area contributed by atoms with Crippen LogP contribution in [0.5, 0.6) is 0 Å². The molecule has 0 saturated heterocycles. The van der Waals surface area contributed by atoms with Crippen LogP contribution in [0.1, 0.15) is 95.0 Å². The maximum absolute atomic E-state index is 14.6.